The Bertz CT molecular complexity index is 761. The van der Waals surface area contributed by atoms with E-state index in [2.05, 4.69) is 42.5 Å². The van der Waals surface area contributed by atoms with Crippen molar-refractivity contribution < 1.29 is 4.74 Å². The number of rotatable bonds is 5. The molecule has 1 nitrogen and oxygen atoms in total. The van der Waals surface area contributed by atoms with Crippen molar-refractivity contribution in [3.05, 3.63) is 88.9 Å². The normalized spacial score (nSPS) is 10.5. The Labute approximate surface area is 142 Å². The van der Waals surface area contributed by atoms with Gasteiger partial charge in [0.2, 0.25) is 0 Å². The molecule has 0 amide bonds. The first-order chi connectivity index (χ1) is 11.2. The maximum Gasteiger partial charge on any atom is 0.118 e. The van der Waals surface area contributed by atoms with E-state index in [1.165, 1.54) is 22.3 Å². The molecule has 0 atom stereocenters. The van der Waals surface area contributed by atoms with Crippen molar-refractivity contribution in [2.75, 3.05) is 7.11 Å². The maximum absolute atomic E-state index is 6.03. The average Bonchev–Trinajstić information content (AvgIpc) is 2.61. The number of methoxy groups -OCH3 is 1. The second-order valence-electron chi connectivity index (χ2n) is 5.56. The van der Waals surface area contributed by atoms with Gasteiger partial charge in [0.1, 0.15) is 5.75 Å². The van der Waals surface area contributed by atoms with Crippen molar-refractivity contribution in [2.24, 2.45) is 0 Å². The monoisotopic (exact) mass is 322 g/mol. The third kappa shape index (κ3) is 4.14. The summed E-state index contributed by atoms with van der Waals surface area (Å²) < 4.78 is 5.20. The number of aryl methyl sites for hydroxylation is 2. The van der Waals surface area contributed by atoms with Crippen LogP contribution in [0.1, 0.15) is 11.1 Å². The van der Waals surface area contributed by atoms with Gasteiger partial charge in [0.25, 0.3) is 0 Å². The van der Waals surface area contributed by atoms with Gasteiger partial charge >= 0.3 is 0 Å². The Balaban J connectivity index is 1.66. The molecular formula is C21H19ClO. The molecule has 0 aliphatic carbocycles. The van der Waals surface area contributed by atoms with E-state index >= 15 is 0 Å². The van der Waals surface area contributed by atoms with Crippen LogP contribution in [-0.2, 0) is 12.8 Å². The Morgan fingerprint density at radius 1 is 0.739 bits per heavy atom. The smallest absolute Gasteiger partial charge is 0.118 e. The Morgan fingerprint density at radius 2 is 1.35 bits per heavy atom. The molecule has 116 valence electrons. The number of hydrogen-bond acceptors (Lipinski definition) is 1. The van der Waals surface area contributed by atoms with Gasteiger partial charge in [0.05, 0.1) is 7.11 Å². The molecule has 0 radical (unpaired) electrons. The number of ether oxygens (including phenoxy) is 1. The molecule has 0 saturated heterocycles. The molecule has 0 bridgehead atoms. The van der Waals surface area contributed by atoms with Crippen LogP contribution in [0.5, 0.6) is 5.75 Å². The molecule has 0 aliphatic rings. The summed E-state index contributed by atoms with van der Waals surface area (Å²) in [6.07, 6.45) is 2.02. The highest BCUT2D eigenvalue weighted by Crippen LogP contribution is 2.23. The van der Waals surface area contributed by atoms with Crippen LogP contribution in [0.3, 0.4) is 0 Å². The van der Waals surface area contributed by atoms with Gasteiger partial charge in [-0.05, 0) is 59.4 Å². The fourth-order valence-electron chi connectivity index (χ4n) is 2.63. The van der Waals surface area contributed by atoms with Gasteiger partial charge in [-0.15, -0.1) is 0 Å². The summed E-state index contributed by atoms with van der Waals surface area (Å²) >= 11 is 6.03. The second kappa shape index (κ2) is 7.34. The molecule has 0 unspecified atom stereocenters. The van der Waals surface area contributed by atoms with E-state index in [4.69, 9.17) is 16.3 Å². The van der Waals surface area contributed by atoms with E-state index in [0.29, 0.717) is 0 Å². The summed E-state index contributed by atoms with van der Waals surface area (Å²) in [7, 11) is 1.68. The summed E-state index contributed by atoms with van der Waals surface area (Å²) in [4.78, 5) is 0. The molecular weight excluding hydrogens is 304 g/mol. The van der Waals surface area contributed by atoms with E-state index < -0.39 is 0 Å². The summed E-state index contributed by atoms with van der Waals surface area (Å²) in [5.74, 6) is 0.881. The van der Waals surface area contributed by atoms with Gasteiger partial charge in [0.15, 0.2) is 0 Å². The Hall–Kier alpha value is -2.25. The predicted molar refractivity (Wildman–Crippen MR) is 97.3 cm³/mol. The third-order valence-electron chi connectivity index (χ3n) is 3.97. The lowest BCUT2D eigenvalue weighted by Gasteiger charge is -2.06. The van der Waals surface area contributed by atoms with Crippen LogP contribution in [0.2, 0.25) is 5.02 Å². The molecule has 2 heteroatoms. The van der Waals surface area contributed by atoms with Crippen LogP contribution in [0.15, 0.2) is 72.8 Å². The average molecular weight is 323 g/mol. The number of benzene rings is 3. The molecule has 0 aromatic heterocycles. The lowest BCUT2D eigenvalue weighted by Crippen LogP contribution is -1.91. The summed E-state index contributed by atoms with van der Waals surface area (Å²) in [6, 6.07) is 25.0. The fourth-order valence-corrected chi connectivity index (χ4v) is 2.84. The van der Waals surface area contributed by atoms with E-state index in [1.807, 2.05) is 30.3 Å². The summed E-state index contributed by atoms with van der Waals surface area (Å²) in [5.41, 5.74) is 5.03. The van der Waals surface area contributed by atoms with Gasteiger partial charge in [0, 0.05) is 5.02 Å². The minimum Gasteiger partial charge on any atom is -0.497 e. The quantitative estimate of drug-likeness (QED) is 0.576. The third-order valence-corrected chi connectivity index (χ3v) is 4.20. The fraction of sp³-hybridized carbons (Fsp3) is 0.143. The maximum atomic E-state index is 6.03. The van der Waals surface area contributed by atoms with Crippen molar-refractivity contribution in [3.8, 4) is 16.9 Å². The van der Waals surface area contributed by atoms with Crippen molar-refractivity contribution >= 4 is 11.6 Å². The van der Waals surface area contributed by atoms with Gasteiger partial charge < -0.3 is 4.74 Å². The summed E-state index contributed by atoms with van der Waals surface area (Å²) in [5, 5.41) is 0.803. The topological polar surface area (TPSA) is 9.23 Å². The lowest BCUT2D eigenvalue weighted by atomic mass is 10.0. The van der Waals surface area contributed by atoms with E-state index in [-0.39, 0.29) is 0 Å². The van der Waals surface area contributed by atoms with Gasteiger partial charge in [-0.3, -0.25) is 0 Å². The second-order valence-corrected chi connectivity index (χ2v) is 5.99. The molecule has 0 aliphatic heterocycles. The van der Waals surface area contributed by atoms with Crippen LogP contribution in [0.25, 0.3) is 11.1 Å². The molecule has 0 spiro atoms. The van der Waals surface area contributed by atoms with Crippen LogP contribution < -0.4 is 4.74 Å². The van der Waals surface area contributed by atoms with Crippen LogP contribution in [0.4, 0.5) is 0 Å². The number of hydrogen-bond donors (Lipinski definition) is 0. The first-order valence-corrected chi connectivity index (χ1v) is 8.10. The Kier molecular flexibility index (Phi) is 4.99. The van der Waals surface area contributed by atoms with E-state index in [1.54, 1.807) is 7.11 Å². The zero-order chi connectivity index (χ0) is 16.1. The van der Waals surface area contributed by atoms with Crippen molar-refractivity contribution in [3.63, 3.8) is 0 Å². The molecule has 23 heavy (non-hydrogen) atoms. The highest BCUT2D eigenvalue weighted by molar-refractivity contribution is 6.30. The molecule has 3 aromatic rings. The highest BCUT2D eigenvalue weighted by atomic mass is 35.5. The van der Waals surface area contributed by atoms with Crippen molar-refractivity contribution in [2.45, 2.75) is 12.8 Å². The molecule has 3 rings (SSSR count). The van der Waals surface area contributed by atoms with Gasteiger partial charge in [-0.25, -0.2) is 0 Å². The first kappa shape index (κ1) is 15.6. The van der Waals surface area contributed by atoms with E-state index in [9.17, 15) is 0 Å². The highest BCUT2D eigenvalue weighted by Gasteiger charge is 2.00. The van der Waals surface area contributed by atoms with Crippen LogP contribution in [0, 0.1) is 0 Å². The Morgan fingerprint density at radius 3 is 1.96 bits per heavy atom. The molecule has 0 fully saturated rings. The van der Waals surface area contributed by atoms with Crippen LogP contribution >= 0.6 is 11.6 Å². The zero-order valence-electron chi connectivity index (χ0n) is 13.1. The zero-order valence-corrected chi connectivity index (χ0v) is 13.9. The largest absolute Gasteiger partial charge is 0.497 e. The lowest BCUT2D eigenvalue weighted by molar-refractivity contribution is 0.415. The molecule has 0 saturated carbocycles. The van der Waals surface area contributed by atoms with Crippen molar-refractivity contribution in [1.29, 1.82) is 0 Å². The SMILES string of the molecule is COc1ccc(-c2ccc(CCc3cccc(Cl)c3)cc2)cc1. The standard InChI is InChI=1S/C21H19ClO/c1-23-21-13-11-19(12-14-21)18-9-7-16(8-10-18)5-6-17-3-2-4-20(22)15-17/h2-4,7-15H,5-6H2,1H3. The minimum absolute atomic E-state index is 0.803. The molecule has 3 aromatic carbocycles. The van der Waals surface area contributed by atoms with Gasteiger partial charge in [-0.1, -0.05) is 60.1 Å². The minimum atomic E-state index is 0.803. The summed E-state index contributed by atoms with van der Waals surface area (Å²) in [6.45, 7) is 0. The molecule has 0 N–H and O–H groups in total. The number of halogens is 1. The molecule has 0 heterocycles. The first-order valence-electron chi connectivity index (χ1n) is 7.72. The van der Waals surface area contributed by atoms with E-state index in [0.717, 1.165) is 23.6 Å². The van der Waals surface area contributed by atoms with Crippen molar-refractivity contribution in [1.82, 2.24) is 0 Å². The van der Waals surface area contributed by atoms with Gasteiger partial charge in [-0.2, -0.15) is 0 Å². The predicted octanol–water partition coefficient (Wildman–Crippen LogP) is 5.80. The van der Waals surface area contributed by atoms with Crippen LogP contribution in [-0.4, -0.2) is 7.11 Å².